The number of halogens is 1. The zero-order valence-electron chi connectivity index (χ0n) is 16.8. The van der Waals surface area contributed by atoms with Crippen LogP contribution in [0.2, 0.25) is 0 Å². The molecule has 0 radical (unpaired) electrons. The van der Waals surface area contributed by atoms with Gasteiger partial charge in [0.1, 0.15) is 0 Å². The Kier molecular flexibility index (Phi) is 21.5. The first kappa shape index (κ1) is 31.2. The molecule has 0 saturated carbocycles. The van der Waals surface area contributed by atoms with E-state index in [4.69, 9.17) is 0 Å². The van der Waals surface area contributed by atoms with Crippen molar-refractivity contribution < 1.29 is 31.3 Å². The van der Waals surface area contributed by atoms with E-state index in [0.29, 0.717) is 0 Å². The van der Waals surface area contributed by atoms with Gasteiger partial charge in [-0.2, -0.15) is 0 Å². The SMILES string of the molecule is C=C(C)C(=O)[O-].C=CC[N+](C)(C)CC=C.C=CC[N+](C)(C)CC=C.[Cl-]. The van der Waals surface area contributed by atoms with E-state index in [1.807, 2.05) is 24.3 Å². The van der Waals surface area contributed by atoms with Crippen molar-refractivity contribution in [3.63, 3.8) is 0 Å². The molecule has 0 aromatic heterocycles. The van der Waals surface area contributed by atoms with Crippen molar-refractivity contribution in [1.29, 1.82) is 0 Å². The fourth-order valence-corrected chi connectivity index (χ4v) is 1.55. The highest BCUT2D eigenvalue weighted by Gasteiger charge is 2.08. The summed E-state index contributed by atoms with van der Waals surface area (Å²) < 4.78 is 1.90. The predicted octanol–water partition coefficient (Wildman–Crippen LogP) is -0.814. The molecule has 0 rings (SSSR count). The second kappa shape index (κ2) is 17.2. The smallest absolute Gasteiger partial charge is 0.0969 e. The zero-order chi connectivity index (χ0) is 19.8. The van der Waals surface area contributed by atoms with Gasteiger partial charge in [-0.1, -0.05) is 32.9 Å². The molecule has 4 nitrogen and oxygen atoms in total. The molecular weight excluding hydrogens is 336 g/mol. The Hall–Kier alpha value is -1.62. The monoisotopic (exact) mass is 372 g/mol. The van der Waals surface area contributed by atoms with Crippen LogP contribution in [0.4, 0.5) is 0 Å². The van der Waals surface area contributed by atoms with Gasteiger partial charge >= 0.3 is 0 Å². The van der Waals surface area contributed by atoms with Gasteiger partial charge in [0, 0.05) is 0 Å². The molecule has 0 N–H and O–H groups in total. The molecule has 0 fully saturated rings. The molecule has 0 aliphatic heterocycles. The fourth-order valence-electron chi connectivity index (χ4n) is 1.55. The average Bonchev–Trinajstić information content (AvgIpc) is 2.39. The maximum atomic E-state index is 9.49. The van der Waals surface area contributed by atoms with Gasteiger partial charge in [-0.05, 0) is 36.8 Å². The number of carboxylic acids is 1. The van der Waals surface area contributed by atoms with Crippen LogP contribution in [0.3, 0.4) is 0 Å². The first-order valence-corrected chi connectivity index (χ1v) is 7.83. The maximum absolute atomic E-state index is 9.49. The molecule has 0 spiro atoms. The van der Waals surface area contributed by atoms with Crippen LogP contribution in [-0.2, 0) is 4.79 Å². The minimum atomic E-state index is -1.19. The lowest BCUT2D eigenvalue weighted by atomic mass is 10.4. The number of carbonyl (C=O) groups is 1. The maximum Gasteiger partial charge on any atom is 0.0969 e. The first-order chi connectivity index (χ1) is 10.9. The molecule has 0 bridgehead atoms. The molecule has 0 atom stereocenters. The van der Waals surface area contributed by atoms with Crippen LogP contribution in [-0.4, -0.2) is 69.3 Å². The molecule has 0 heterocycles. The highest BCUT2D eigenvalue weighted by atomic mass is 35.5. The molecule has 0 aromatic rings. The van der Waals surface area contributed by atoms with Gasteiger partial charge in [-0.3, -0.25) is 0 Å². The van der Waals surface area contributed by atoms with Gasteiger partial charge in [0.25, 0.3) is 0 Å². The number of likely N-dealkylation sites (N-methyl/N-ethyl adjacent to an activating group) is 2. The fraction of sp³-hybridized carbons (Fsp3) is 0.450. The highest BCUT2D eigenvalue weighted by Crippen LogP contribution is 1.95. The van der Waals surface area contributed by atoms with Crippen molar-refractivity contribution in [2.45, 2.75) is 6.92 Å². The number of rotatable bonds is 9. The number of carboxylic acid groups (broad SMARTS) is 1. The van der Waals surface area contributed by atoms with Crippen LogP contribution < -0.4 is 17.5 Å². The average molecular weight is 373 g/mol. The number of hydrogen-bond acceptors (Lipinski definition) is 2. The summed E-state index contributed by atoms with van der Waals surface area (Å²) in [5, 5.41) is 9.49. The van der Waals surface area contributed by atoms with E-state index in [-0.39, 0.29) is 18.0 Å². The van der Waals surface area contributed by atoms with Crippen LogP contribution in [0.15, 0.2) is 62.8 Å². The zero-order valence-corrected chi connectivity index (χ0v) is 17.5. The lowest BCUT2D eigenvalue weighted by Crippen LogP contribution is -3.00. The second-order valence-electron chi connectivity index (χ2n) is 6.82. The summed E-state index contributed by atoms with van der Waals surface area (Å²) in [5.74, 6) is -1.19. The molecule has 0 saturated heterocycles. The van der Waals surface area contributed by atoms with Gasteiger partial charge < -0.3 is 31.3 Å². The van der Waals surface area contributed by atoms with Gasteiger partial charge in [0.05, 0.1) is 60.3 Å². The first-order valence-electron chi connectivity index (χ1n) is 7.83. The van der Waals surface area contributed by atoms with Crippen LogP contribution >= 0.6 is 0 Å². The third kappa shape index (κ3) is 27.5. The molecule has 5 heteroatoms. The van der Waals surface area contributed by atoms with Crippen molar-refractivity contribution in [2.24, 2.45) is 0 Å². The van der Waals surface area contributed by atoms with E-state index in [0.717, 1.165) is 35.1 Å². The van der Waals surface area contributed by atoms with E-state index in [1.165, 1.54) is 6.92 Å². The molecule has 0 aliphatic rings. The van der Waals surface area contributed by atoms with Crippen molar-refractivity contribution in [2.75, 3.05) is 54.4 Å². The third-order valence-electron chi connectivity index (χ3n) is 2.84. The topological polar surface area (TPSA) is 40.1 Å². The summed E-state index contributed by atoms with van der Waals surface area (Å²) in [7, 11) is 8.62. The minimum absolute atomic E-state index is 0. The Labute approximate surface area is 161 Å². The van der Waals surface area contributed by atoms with Crippen molar-refractivity contribution in [3.8, 4) is 0 Å². The van der Waals surface area contributed by atoms with Crippen molar-refractivity contribution >= 4 is 5.97 Å². The normalized spacial score (nSPS) is 9.64. The number of carbonyl (C=O) groups excluding carboxylic acids is 1. The van der Waals surface area contributed by atoms with Gasteiger partial charge in [-0.15, -0.1) is 0 Å². The van der Waals surface area contributed by atoms with Crippen LogP contribution in [0.1, 0.15) is 6.92 Å². The Balaban J connectivity index is -0.000000133. The summed E-state index contributed by atoms with van der Waals surface area (Å²) in [6.45, 7) is 23.2. The van der Waals surface area contributed by atoms with E-state index >= 15 is 0 Å². The van der Waals surface area contributed by atoms with Crippen LogP contribution in [0, 0.1) is 0 Å². The molecule has 0 aliphatic carbocycles. The van der Waals surface area contributed by atoms with Crippen molar-refractivity contribution in [3.05, 3.63) is 62.8 Å². The van der Waals surface area contributed by atoms with Gasteiger partial charge in [0.2, 0.25) is 0 Å². The summed E-state index contributed by atoms with van der Waals surface area (Å²) in [5.41, 5.74) is 0.0648. The largest absolute Gasteiger partial charge is 1.00 e. The summed E-state index contributed by atoms with van der Waals surface area (Å²) in [6, 6.07) is 0. The Bertz CT molecular complexity index is 363. The Morgan fingerprint density at radius 2 is 0.960 bits per heavy atom. The van der Waals surface area contributed by atoms with Crippen LogP contribution in [0.5, 0.6) is 0 Å². The summed E-state index contributed by atoms with van der Waals surface area (Å²) >= 11 is 0. The predicted molar refractivity (Wildman–Crippen MR) is 104 cm³/mol. The molecular formula is C20H37ClN2O2. The lowest BCUT2D eigenvalue weighted by molar-refractivity contribution is -0.878. The van der Waals surface area contributed by atoms with E-state index in [1.54, 1.807) is 0 Å². The van der Waals surface area contributed by atoms with Crippen molar-refractivity contribution in [1.82, 2.24) is 0 Å². The number of quaternary nitrogens is 2. The quantitative estimate of drug-likeness (QED) is 0.301. The Morgan fingerprint density at radius 3 is 1.04 bits per heavy atom. The number of nitrogens with zero attached hydrogens (tertiary/aromatic N) is 2. The number of hydrogen-bond donors (Lipinski definition) is 0. The van der Waals surface area contributed by atoms with E-state index in [2.05, 4.69) is 61.1 Å². The van der Waals surface area contributed by atoms with E-state index in [9.17, 15) is 9.90 Å². The molecule has 146 valence electrons. The van der Waals surface area contributed by atoms with Crippen LogP contribution in [0.25, 0.3) is 0 Å². The van der Waals surface area contributed by atoms with Gasteiger partial charge in [0.15, 0.2) is 0 Å². The molecule has 0 unspecified atom stereocenters. The second-order valence-corrected chi connectivity index (χ2v) is 6.82. The minimum Gasteiger partial charge on any atom is -1.00 e. The summed E-state index contributed by atoms with van der Waals surface area (Å²) in [4.78, 5) is 9.49. The summed E-state index contributed by atoms with van der Waals surface area (Å²) in [6.07, 6.45) is 7.74. The molecule has 0 amide bonds. The molecule has 0 aromatic carbocycles. The highest BCUT2D eigenvalue weighted by molar-refractivity contribution is 5.82. The number of aliphatic carboxylic acids is 1. The van der Waals surface area contributed by atoms with Gasteiger partial charge in [-0.25, -0.2) is 0 Å². The van der Waals surface area contributed by atoms with E-state index < -0.39 is 5.97 Å². The molecule has 25 heavy (non-hydrogen) atoms. The lowest BCUT2D eigenvalue weighted by Gasteiger charge is -2.26. The standard InChI is InChI=1S/2C8H16N.C4H6O2.ClH/c2*1-5-7-9(3,4)8-6-2;1-3(2)4(5)6;/h2*5-6H,1-2,7-8H2,3-4H3;1H2,2H3,(H,5,6);1H/q2*+1;;/p-2. The third-order valence-corrected chi connectivity index (χ3v) is 2.84. The Morgan fingerprint density at radius 1 is 0.800 bits per heavy atom.